The van der Waals surface area contributed by atoms with Crippen molar-refractivity contribution in [2.24, 2.45) is 0 Å². The van der Waals surface area contributed by atoms with Crippen molar-refractivity contribution in [3.8, 4) is 0 Å². The van der Waals surface area contributed by atoms with E-state index in [1.54, 1.807) is 4.90 Å². The molecule has 1 amide bonds. The van der Waals surface area contributed by atoms with Gasteiger partial charge in [-0.05, 0) is 18.7 Å². The lowest BCUT2D eigenvalue weighted by molar-refractivity contribution is -0.133. The van der Waals surface area contributed by atoms with Crippen molar-refractivity contribution in [2.75, 3.05) is 37.4 Å². The third-order valence-corrected chi connectivity index (χ3v) is 7.75. The summed E-state index contributed by atoms with van der Waals surface area (Å²) in [7, 11) is -1.12. The van der Waals surface area contributed by atoms with Crippen LogP contribution in [0.1, 0.15) is 5.56 Å². The summed E-state index contributed by atoms with van der Waals surface area (Å²) in [6, 6.07) is 7.33. The first-order valence-corrected chi connectivity index (χ1v) is 11.2. The number of rotatable bonds is 4. The first kappa shape index (κ1) is 18.0. The van der Waals surface area contributed by atoms with E-state index in [0.717, 1.165) is 12.1 Å². The van der Waals surface area contributed by atoms with E-state index in [4.69, 9.17) is 11.6 Å². The van der Waals surface area contributed by atoms with Crippen LogP contribution >= 0.6 is 23.4 Å². The van der Waals surface area contributed by atoms with Gasteiger partial charge in [-0.15, -0.1) is 11.8 Å². The van der Waals surface area contributed by atoms with E-state index in [1.165, 1.54) is 11.8 Å². The Labute approximate surface area is 152 Å². The number of likely N-dealkylation sites (N-methyl/N-ethyl adjacent to an activating group) is 1. The molecule has 5 nitrogen and oxygen atoms in total. The molecule has 2 aliphatic rings. The molecule has 0 N–H and O–H groups in total. The quantitative estimate of drug-likeness (QED) is 0.782. The predicted molar refractivity (Wildman–Crippen MR) is 98.2 cm³/mol. The van der Waals surface area contributed by atoms with Crippen LogP contribution in [0.2, 0.25) is 5.02 Å². The van der Waals surface area contributed by atoms with Crippen LogP contribution < -0.4 is 0 Å². The Kier molecular flexibility index (Phi) is 5.44. The van der Waals surface area contributed by atoms with Crippen LogP contribution in [0.4, 0.5) is 0 Å². The van der Waals surface area contributed by atoms with Crippen molar-refractivity contribution in [3.63, 3.8) is 0 Å². The zero-order valence-corrected chi connectivity index (χ0v) is 15.9. The van der Waals surface area contributed by atoms with Gasteiger partial charge in [-0.25, -0.2) is 8.42 Å². The van der Waals surface area contributed by atoms with E-state index in [9.17, 15) is 13.2 Å². The molecule has 2 atom stereocenters. The molecule has 0 saturated carbocycles. The molecule has 132 valence electrons. The maximum Gasteiger partial charge on any atom is 0.232 e. The fraction of sp³-hybridized carbons (Fsp3) is 0.562. The lowest BCUT2D eigenvalue weighted by Crippen LogP contribution is -2.59. The summed E-state index contributed by atoms with van der Waals surface area (Å²) in [5.41, 5.74) is 1.01. The van der Waals surface area contributed by atoms with Crippen LogP contribution in [0.3, 0.4) is 0 Å². The van der Waals surface area contributed by atoms with Crippen molar-refractivity contribution < 1.29 is 13.2 Å². The van der Waals surface area contributed by atoms with Crippen molar-refractivity contribution in [3.05, 3.63) is 34.9 Å². The normalized spacial score (nSPS) is 26.3. The summed E-state index contributed by atoms with van der Waals surface area (Å²) in [6.07, 6.45) is 0. The summed E-state index contributed by atoms with van der Waals surface area (Å²) in [6.45, 7) is 1.32. The number of piperazine rings is 1. The average molecular weight is 389 g/mol. The summed E-state index contributed by atoms with van der Waals surface area (Å²) in [5.74, 6) is 1.28. The number of hydrogen-bond donors (Lipinski definition) is 0. The summed E-state index contributed by atoms with van der Waals surface area (Å²) >= 11 is 7.65. The maximum atomic E-state index is 12.6. The van der Waals surface area contributed by atoms with Gasteiger partial charge < -0.3 is 4.90 Å². The molecule has 0 spiro atoms. The Balaban J connectivity index is 1.60. The minimum Gasteiger partial charge on any atom is -0.335 e. The third-order valence-electron chi connectivity index (χ3n) is 4.71. The van der Waals surface area contributed by atoms with Gasteiger partial charge >= 0.3 is 0 Å². The van der Waals surface area contributed by atoms with Crippen LogP contribution in [-0.4, -0.2) is 73.6 Å². The van der Waals surface area contributed by atoms with Crippen LogP contribution in [0, 0.1) is 0 Å². The van der Waals surface area contributed by atoms with E-state index in [2.05, 4.69) is 4.90 Å². The Morgan fingerprint density at radius 3 is 2.71 bits per heavy atom. The molecule has 2 fully saturated rings. The summed E-state index contributed by atoms with van der Waals surface area (Å²) in [5, 5.41) is 0.707. The van der Waals surface area contributed by atoms with Gasteiger partial charge in [0.2, 0.25) is 5.91 Å². The second kappa shape index (κ2) is 7.23. The maximum absolute atomic E-state index is 12.6. The molecule has 0 bridgehead atoms. The second-order valence-electron chi connectivity index (χ2n) is 6.36. The van der Waals surface area contributed by atoms with Crippen LogP contribution in [-0.2, 0) is 20.4 Å². The van der Waals surface area contributed by atoms with Gasteiger partial charge in [0.1, 0.15) is 0 Å². The number of nitrogens with zero attached hydrogens (tertiary/aromatic N) is 2. The zero-order valence-electron chi connectivity index (χ0n) is 13.5. The first-order valence-electron chi connectivity index (χ1n) is 7.89. The van der Waals surface area contributed by atoms with Crippen LogP contribution in [0.15, 0.2) is 24.3 Å². The molecule has 0 unspecified atom stereocenters. The minimum atomic E-state index is -3.06. The van der Waals surface area contributed by atoms with E-state index in [-0.39, 0.29) is 29.5 Å². The highest BCUT2D eigenvalue weighted by Gasteiger charge is 2.46. The fourth-order valence-corrected chi connectivity index (χ4v) is 6.63. The highest BCUT2D eigenvalue weighted by atomic mass is 35.5. The summed E-state index contributed by atoms with van der Waals surface area (Å²) < 4.78 is 23.9. The highest BCUT2D eigenvalue weighted by Crippen LogP contribution is 2.27. The molecule has 0 aliphatic carbocycles. The molecule has 2 aliphatic heterocycles. The first-order chi connectivity index (χ1) is 11.4. The predicted octanol–water partition coefficient (Wildman–Crippen LogP) is 1.51. The lowest BCUT2D eigenvalue weighted by Gasteiger charge is -2.42. The SMILES string of the molecule is CN1CCN(C(=O)CSCc2ccccc2Cl)[C@@H]2CS(=O)(=O)C[C@@H]21. The molecule has 1 aromatic carbocycles. The molecule has 24 heavy (non-hydrogen) atoms. The number of sulfone groups is 1. The smallest absolute Gasteiger partial charge is 0.232 e. The summed E-state index contributed by atoms with van der Waals surface area (Å²) in [4.78, 5) is 16.4. The fourth-order valence-electron chi connectivity index (χ4n) is 3.38. The highest BCUT2D eigenvalue weighted by molar-refractivity contribution is 7.99. The molecule has 0 radical (unpaired) electrons. The Morgan fingerprint density at radius 1 is 1.25 bits per heavy atom. The van der Waals surface area contributed by atoms with Gasteiger partial charge in [0.05, 0.1) is 23.3 Å². The number of thioether (sulfide) groups is 1. The van der Waals surface area contributed by atoms with Crippen molar-refractivity contribution in [2.45, 2.75) is 17.8 Å². The van der Waals surface area contributed by atoms with Crippen LogP contribution in [0.5, 0.6) is 0 Å². The van der Waals surface area contributed by atoms with Crippen molar-refractivity contribution >= 4 is 39.1 Å². The van der Waals surface area contributed by atoms with Gasteiger partial charge in [-0.3, -0.25) is 9.69 Å². The third kappa shape index (κ3) is 3.90. The number of amides is 1. The molecule has 2 saturated heterocycles. The topological polar surface area (TPSA) is 57.7 Å². The zero-order chi connectivity index (χ0) is 17.3. The largest absolute Gasteiger partial charge is 0.335 e. The number of fused-ring (bicyclic) bond motifs is 1. The van der Waals surface area contributed by atoms with Gasteiger partial charge in [-0.2, -0.15) is 0 Å². The van der Waals surface area contributed by atoms with Gasteiger partial charge in [-0.1, -0.05) is 29.8 Å². The Bertz CT molecular complexity index is 726. The number of halogens is 1. The molecule has 0 aromatic heterocycles. The van der Waals surface area contributed by atoms with Gasteiger partial charge in [0, 0.05) is 29.9 Å². The Morgan fingerprint density at radius 2 is 1.96 bits per heavy atom. The van der Waals surface area contributed by atoms with E-state index < -0.39 is 9.84 Å². The minimum absolute atomic E-state index is 0.0206. The van der Waals surface area contributed by atoms with Gasteiger partial charge in [0.25, 0.3) is 0 Å². The van der Waals surface area contributed by atoms with E-state index in [0.29, 0.717) is 23.1 Å². The number of benzene rings is 1. The van der Waals surface area contributed by atoms with Gasteiger partial charge in [0.15, 0.2) is 9.84 Å². The Hall–Kier alpha value is -0.760. The number of carbonyl (C=O) groups is 1. The molecular weight excluding hydrogens is 368 g/mol. The van der Waals surface area contributed by atoms with E-state index in [1.807, 2.05) is 31.3 Å². The standard InChI is InChI=1S/C16H21ClN2O3S2/c1-18-6-7-19(15-11-24(21,22)10-14(15)18)16(20)9-23-8-12-4-2-3-5-13(12)17/h2-5,14-15H,6-11H2,1H3/t14-,15+/m0/s1. The molecule has 3 rings (SSSR count). The monoisotopic (exact) mass is 388 g/mol. The van der Waals surface area contributed by atoms with E-state index >= 15 is 0 Å². The average Bonchev–Trinajstić information content (AvgIpc) is 2.85. The molecule has 8 heteroatoms. The van der Waals surface area contributed by atoms with Crippen molar-refractivity contribution in [1.82, 2.24) is 9.80 Å². The molecule has 2 heterocycles. The molecule has 1 aromatic rings. The second-order valence-corrected chi connectivity index (χ2v) is 9.91. The molecular formula is C16H21ClN2O3S2. The number of carbonyl (C=O) groups excluding carboxylic acids is 1. The van der Waals surface area contributed by atoms with Crippen LogP contribution in [0.25, 0.3) is 0 Å². The lowest BCUT2D eigenvalue weighted by atomic mass is 10.1. The van der Waals surface area contributed by atoms with Crippen molar-refractivity contribution in [1.29, 1.82) is 0 Å². The number of hydrogen-bond acceptors (Lipinski definition) is 5.